The van der Waals surface area contributed by atoms with Gasteiger partial charge in [0.2, 0.25) is 11.8 Å². The Hall–Kier alpha value is -3.62. The molecule has 3 aromatic rings. The number of hydrogen-bond donors (Lipinski definition) is 3. The molecule has 1 aliphatic carbocycles. The van der Waals surface area contributed by atoms with Crippen LogP contribution in [0.2, 0.25) is 0 Å². The fourth-order valence-corrected chi connectivity index (χ4v) is 4.83. The van der Waals surface area contributed by atoms with Gasteiger partial charge in [-0.25, -0.2) is 4.79 Å². The number of amides is 2. The second-order valence-electron chi connectivity index (χ2n) is 9.80. The summed E-state index contributed by atoms with van der Waals surface area (Å²) in [7, 11) is 0. The molecule has 192 valence electrons. The highest BCUT2D eigenvalue weighted by Gasteiger charge is 2.26. The van der Waals surface area contributed by atoms with Crippen molar-refractivity contribution in [1.82, 2.24) is 10.6 Å². The van der Waals surface area contributed by atoms with Crippen LogP contribution in [-0.2, 0) is 33.6 Å². The summed E-state index contributed by atoms with van der Waals surface area (Å²) in [5.41, 5.74) is 2.66. The summed E-state index contributed by atoms with van der Waals surface area (Å²) in [6.45, 7) is 5.60. The third-order valence-corrected chi connectivity index (χ3v) is 6.83. The van der Waals surface area contributed by atoms with Crippen molar-refractivity contribution in [3.8, 4) is 0 Å². The van der Waals surface area contributed by atoms with E-state index in [-0.39, 0.29) is 30.9 Å². The van der Waals surface area contributed by atoms with Crippen molar-refractivity contribution in [2.75, 3.05) is 6.54 Å². The van der Waals surface area contributed by atoms with Crippen LogP contribution in [0.5, 0.6) is 0 Å². The van der Waals surface area contributed by atoms with Gasteiger partial charge in [-0.15, -0.1) is 0 Å². The summed E-state index contributed by atoms with van der Waals surface area (Å²) in [5.74, 6) is -1.00. The monoisotopic (exact) mass is 496 g/mol. The quantitative estimate of drug-likeness (QED) is 0.305. The Kier molecular flexibility index (Phi) is 7.47. The van der Waals surface area contributed by atoms with Crippen molar-refractivity contribution in [1.29, 1.82) is 0 Å². The number of hydrogen-bond acceptors (Lipinski definition) is 6. The number of benzene rings is 1. The lowest BCUT2D eigenvalue weighted by atomic mass is 9.94. The van der Waals surface area contributed by atoms with Gasteiger partial charge in [0.1, 0.15) is 23.0 Å². The van der Waals surface area contributed by atoms with E-state index in [9.17, 15) is 19.2 Å². The van der Waals surface area contributed by atoms with Crippen LogP contribution in [0.4, 0.5) is 0 Å². The Morgan fingerprint density at radius 3 is 2.50 bits per heavy atom. The summed E-state index contributed by atoms with van der Waals surface area (Å²) in [4.78, 5) is 48.9. The third-order valence-electron chi connectivity index (χ3n) is 6.83. The molecule has 0 fully saturated rings. The lowest BCUT2D eigenvalue weighted by Crippen LogP contribution is -2.50. The molecule has 4 rings (SSSR count). The van der Waals surface area contributed by atoms with Crippen LogP contribution >= 0.6 is 0 Å². The maximum Gasteiger partial charge on any atom is 0.340 e. The van der Waals surface area contributed by atoms with E-state index in [4.69, 9.17) is 13.9 Å². The topological polar surface area (TPSA) is 139 Å². The first-order chi connectivity index (χ1) is 17.2. The van der Waals surface area contributed by atoms with Gasteiger partial charge in [-0.3, -0.25) is 14.4 Å². The minimum Gasteiger partial charge on any atom is -0.481 e. The summed E-state index contributed by atoms with van der Waals surface area (Å²) in [5, 5.41) is 15.9. The number of carbonyl (C=O) groups is 3. The number of nitrogens with one attached hydrogen (secondary N) is 2. The smallest absolute Gasteiger partial charge is 0.340 e. The Morgan fingerprint density at radius 1 is 1.06 bits per heavy atom. The lowest BCUT2D eigenvalue weighted by molar-refractivity contribution is -0.137. The Bertz CT molecular complexity index is 1380. The van der Waals surface area contributed by atoms with Crippen molar-refractivity contribution in [3.63, 3.8) is 0 Å². The van der Waals surface area contributed by atoms with E-state index in [1.807, 2.05) is 6.07 Å². The van der Waals surface area contributed by atoms with E-state index in [1.54, 1.807) is 26.8 Å². The molecule has 1 aliphatic rings. The molecule has 0 saturated carbocycles. The van der Waals surface area contributed by atoms with E-state index in [1.165, 1.54) is 5.56 Å². The zero-order chi connectivity index (χ0) is 26.0. The van der Waals surface area contributed by atoms with Crippen LogP contribution in [0.3, 0.4) is 0 Å². The first-order valence-electron chi connectivity index (χ1n) is 12.4. The molecular formula is C27H32N2O7. The molecule has 0 radical (unpaired) electrons. The number of furan rings is 1. The number of carbonyl (C=O) groups excluding carboxylic acids is 2. The highest BCUT2D eigenvalue weighted by molar-refractivity contribution is 5.97. The standard InChI is InChI=1S/C27H32N2O7/c1-14(2)25(26(33)28-10-6-9-24(31)32)29-23(30)12-18-15(3)17-11-19-16-7-4-5-8-20(16)35-22(19)13-21(17)36-27(18)34/h11,13-14,25H,4-10,12H2,1-3H3,(H,28,33)(H,29,30)(H,31,32). The number of aryl methyl sites for hydroxylation is 3. The number of aliphatic carboxylic acids is 1. The van der Waals surface area contributed by atoms with Gasteiger partial charge < -0.3 is 24.6 Å². The molecule has 36 heavy (non-hydrogen) atoms. The second-order valence-corrected chi connectivity index (χ2v) is 9.80. The van der Waals surface area contributed by atoms with E-state index >= 15 is 0 Å². The van der Waals surface area contributed by atoms with E-state index < -0.39 is 29.5 Å². The molecule has 3 N–H and O–H groups in total. The molecule has 1 aromatic carbocycles. The van der Waals surface area contributed by atoms with Crippen molar-refractivity contribution < 1.29 is 28.3 Å². The van der Waals surface area contributed by atoms with Crippen LogP contribution in [-0.4, -0.2) is 35.5 Å². The average Bonchev–Trinajstić information content (AvgIpc) is 3.19. The van der Waals surface area contributed by atoms with Crippen LogP contribution in [0.25, 0.3) is 21.9 Å². The zero-order valence-electron chi connectivity index (χ0n) is 20.9. The van der Waals surface area contributed by atoms with E-state index in [0.717, 1.165) is 42.2 Å². The summed E-state index contributed by atoms with van der Waals surface area (Å²) < 4.78 is 11.6. The molecule has 0 bridgehead atoms. The molecule has 2 amide bonds. The third kappa shape index (κ3) is 5.29. The first kappa shape index (κ1) is 25.5. The highest BCUT2D eigenvalue weighted by Crippen LogP contribution is 2.35. The Balaban J connectivity index is 1.54. The van der Waals surface area contributed by atoms with E-state index in [0.29, 0.717) is 23.2 Å². The van der Waals surface area contributed by atoms with Crippen molar-refractivity contribution in [3.05, 3.63) is 45.0 Å². The maximum absolute atomic E-state index is 12.9. The van der Waals surface area contributed by atoms with Crippen molar-refractivity contribution >= 4 is 39.7 Å². The average molecular weight is 497 g/mol. The molecule has 1 unspecified atom stereocenters. The number of carboxylic acids is 1. The van der Waals surface area contributed by atoms with Gasteiger partial charge in [0.15, 0.2) is 0 Å². The number of rotatable bonds is 9. The van der Waals surface area contributed by atoms with Gasteiger partial charge in [-0.05, 0) is 50.2 Å². The molecule has 9 heteroatoms. The van der Waals surface area contributed by atoms with Crippen LogP contribution < -0.4 is 16.3 Å². The van der Waals surface area contributed by atoms with Gasteiger partial charge >= 0.3 is 11.6 Å². The zero-order valence-corrected chi connectivity index (χ0v) is 20.9. The number of carboxylic acid groups (broad SMARTS) is 1. The second kappa shape index (κ2) is 10.6. The van der Waals surface area contributed by atoms with Crippen molar-refractivity contribution in [2.45, 2.75) is 71.8 Å². The van der Waals surface area contributed by atoms with Crippen LogP contribution in [0.15, 0.2) is 25.8 Å². The van der Waals surface area contributed by atoms with E-state index in [2.05, 4.69) is 10.6 Å². The normalized spacial score (nSPS) is 14.1. The molecule has 9 nitrogen and oxygen atoms in total. The minimum atomic E-state index is -0.934. The molecule has 1 atom stereocenters. The fourth-order valence-electron chi connectivity index (χ4n) is 4.83. The van der Waals surface area contributed by atoms with Crippen LogP contribution in [0, 0.1) is 12.8 Å². The predicted octanol–water partition coefficient (Wildman–Crippen LogP) is 3.39. The lowest BCUT2D eigenvalue weighted by Gasteiger charge is -2.22. The molecule has 2 aromatic heterocycles. The fraction of sp³-hybridized carbons (Fsp3) is 0.481. The van der Waals surface area contributed by atoms with Gasteiger partial charge in [0.05, 0.1) is 12.0 Å². The minimum absolute atomic E-state index is 0.0517. The summed E-state index contributed by atoms with van der Waals surface area (Å²) in [6.07, 6.45) is 4.08. The molecule has 0 aliphatic heterocycles. The van der Waals surface area contributed by atoms with Gasteiger partial charge in [0.25, 0.3) is 0 Å². The molecule has 0 saturated heterocycles. The Labute approximate surface area is 208 Å². The molecule has 0 spiro atoms. The SMILES string of the molecule is Cc1c(CC(=O)NC(C(=O)NCCCC(=O)O)C(C)C)c(=O)oc2cc3oc4c(c3cc12)CCCC4. The first-order valence-corrected chi connectivity index (χ1v) is 12.4. The van der Waals surface area contributed by atoms with Gasteiger partial charge in [-0.1, -0.05) is 13.8 Å². The highest BCUT2D eigenvalue weighted by atomic mass is 16.4. The number of fused-ring (bicyclic) bond motifs is 4. The van der Waals surface area contributed by atoms with Gasteiger partial charge in [-0.2, -0.15) is 0 Å². The summed E-state index contributed by atoms with van der Waals surface area (Å²) >= 11 is 0. The summed E-state index contributed by atoms with van der Waals surface area (Å²) in [6, 6.07) is 2.93. The Morgan fingerprint density at radius 2 is 1.78 bits per heavy atom. The molecular weight excluding hydrogens is 464 g/mol. The molecule has 2 heterocycles. The maximum atomic E-state index is 12.9. The van der Waals surface area contributed by atoms with Crippen molar-refractivity contribution in [2.24, 2.45) is 5.92 Å². The van der Waals surface area contributed by atoms with Crippen LogP contribution in [0.1, 0.15) is 62.0 Å². The largest absolute Gasteiger partial charge is 0.481 e. The van der Waals surface area contributed by atoms with Gasteiger partial charge in [0, 0.05) is 41.8 Å². The predicted molar refractivity (Wildman–Crippen MR) is 134 cm³/mol.